The summed E-state index contributed by atoms with van der Waals surface area (Å²) in [6, 6.07) is 28.7. The molecule has 4 aromatic rings. The minimum atomic E-state index is -0.233. The van der Waals surface area contributed by atoms with Gasteiger partial charge in [0.2, 0.25) is 0 Å². The van der Waals surface area contributed by atoms with Crippen molar-refractivity contribution in [2.75, 3.05) is 39.3 Å². The van der Waals surface area contributed by atoms with Crippen LogP contribution < -0.4 is 0 Å². The quantitative estimate of drug-likeness (QED) is 0.332. The second-order valence-electron chi connectivity index (χ2n) is 9.63. The Labute approximate surface area is 225 Å². The number of nitrogens with zero attached hydrogens (tertiary/aromatic N) is 6. The molecule has 5 rings (SSSR count). The van der Waals surface area contributed by atoms with Crippen molar-refractivity contribution in [3.05, 3.63) is 126 Å². The highest BCUT2D eigenvalue weighted by molar-refractivity contribution is 5.14. The van der Waals surface area contributed by atoms with Crippen LogP contribution >= 0.6 is 0 Å². The molecule has 0 radical (unpaired) electrons. The maximum absolute atomic E-state index is 6.60. The summed E-state index contributed by atoms with van der Waals surface area (Å²) in [4.78, 5) is 21.3. The van der Waals surface area contributed by atoms with Crippen LogP contribution in [0.15, 0.2) is 104 Å². The highest BCUT2D eigenvalue weighted by Crippen LogP contribution is 2.23. The maximum Gasteiger partial charge on any atom is 0.154 e. The predicted molar refractivity (Wildman–Crippen MR) is 149 cm³/mol. The van der Waals surface area contributed by atoms with Crippen molar-refractivity contribution in [1.29, 1.82) is 0 Å². The van der Waals surface area contributed by atoms with E-state index in [9.17, 15) is 0 Å². The van der Waals surface area contributed by atoms with Gasteiger partial charge in [0.15, 0.2) is 6.23 Å². The van der Waals surface area contributed by atoms with Gasteiger partial charge in [-0.2, -0.15) is 0 Å². The fourth-order valence-electron chi connectivity index (χ4n) is 4.80. The topological polar surface area (TPSA) is 57.6 Å². The highest BCUT2D eigenvalue weighted by atomic mass is 16.5. The molecule has 1 aliphatic heterocycles. The van der Waals surface area contributed by atoms with E-state index >= 15 is 0 Å². The molecular weight excluding hydrogens is 472 g/mol. The van der Waals surface area contributed by atoms with E-state index in [2.05, 4.69) is 79.3 Å². The maximum atomic E-state index is 6.60. The number of hydrogen-bond donors (Lipinski definition) is 0. The first-order chi connectivity index (χ1) is 18.8. The van der Waals surface area contributed by atoms with Crippen LogP contribution in [0, 0.1) is 0 Å². The van der Waals surface area contributed by atoms with Gasteiger partial charge in [0.05, 0.1) is 23.7 Å². The van der Waals surface area contributed by atoms with Crippen molar-refractivity contribution in [3.63, 3.8) is 0 Å². The molecule has 0 bridgehead atoms. The van der Waals surface area contributed by atoms with Crippen LogP contribution in [0.2, 0.25) is 0 Å². The molecule has 7 nitrogen and oxygen atoms in total. The highest BCUT2D eigenvalue weighted by Gasteiger charge is 2.25. The van der Waals surface area contributed by atoms with Gasteiger partial charge in [-0.15, -0.1) is 0 Å². The molecule has 196 valence electrons. The van der Waals surface area contributed by atoms with E-state index in [1.807, 2.05) is 48.9 Å². The number of rotatable bonds is 9. The van der Waals surface area contributed by atoms with Gasteiger partial charge in [-0.3, -0.25) is 29.7 Å². The van der Waals surface area contributed by atoms with Crippen LogP contribution in [0.3, 0.4) is 0 Å². The zero-order valence-electron chi connectivity index (χ0n) is 21.8. The molecule has 0 spiro atoms. The predicted octanol–water partition coefficient (Wildman–Crippen LogP) is 4.41. The molecule has 3 aromatic heterocycles. The summed E-state index contributed by atoms with van der Waals surface area (Å²) in [7, 11) is 0. The number of hydrogen-bond acceptors (Lipinski definition) is 7. The van der Waals surface area contributed by atoms with Crippen LogP contribution in [0.4, 0.5) is 0 Å². The molecule has 0 aliphatic carbocycles. The van der Waals surface area contributed by atoms with Gasteiger partial charge in [0.1, 0.15) is 0 Å². The fraction of sp³-hybridized carbons (Fsp3) is 0.323. The molecule has 0 amide bonds. The molecule has 1 unspecified atom stereocenters. The van der Waals surface area contributed by atoms with Crippen LogP contribution in [0.5, 0.6) is 0 Å². The van der Waals surface area contributed by atoms with Crippen molar-refractivity contribution >= 4 is 0 Å². The van der Waals surface area contributed by atoms with E-state index in [0.717, 1.165) is 75.0 Å². The van der Waals surface area contributed by atoms with Gasteiger partial charge in [0, 0.05) is 70.9 Å². The van der Waals surface area contributed by atoms with Gasteiger partial charge >= 0.3 is 0 Å². The third-order valence-corrected chi connectivity index (χ3v) is 6.89. The van der Waals surface area contributed by atoms with Crippen molar-refractivity contribution in [2.45, 2.75) is 25.9 Å². The van der Waals surface area contributed by atoms with Gasteiger partial charge in [-0.1, -0.05) is 48.5 Å². The summed E-state index contributed by atoms with van der Waals surface area (Å²) < 4.78 is 6.60. The third kappa shape index (κ3) is 7.76. The first-order valence-electron chi connectivity index (χ1n) is 13.4. The van der Waals surface area contributed by atoms with E-state index < -0.39 is 0 Å². The average molecular weight is 509 g/mol. The van der Waals surface area contributed by atoms with Crippen LogP contribution in [0.25, 0.3) is 0 Å². The van der Waals surface area contributed by atoms with E-state index in [-0.39, 0.29) is 6.23 Å². The molecule has 0 saturated carbocycles. The number of aromatic nitrogens is 3. The Kier molecular flexibility index (Phi) is 9.55. The van der Waals surface area contributed by atoms with Gasteiger partial charge in [0.25, 0.3) is 0 Å². The largest absolute Gasteiger partial charge is 0.353 e. The summed E-state index contributed by atoms with van der Waals surface area (Å²) in [5.41, 5.74) is 4.29. The summed E-state index contributed by atoms with van der Waals surface area (Å²) in [6.07, 6.45) is 5.37. The fourth-order valence-corrected chi connectivity index (χ4v) is 4.80. The third-order valence-electron chi connectivity index (χ3n) is 6.89. The minimum absolute atomic E-state index is 0.233. The number of benzene rings is 1. The monoisotopic (exact) mass is 508 g/mol. The average Bonchev–Trinajstić information content (AvgIpc) is 3.07. The second-order valence-corrected chi connectivity index (χ2v) is 9.63. The van der Waals surface area contributed by atoms with Crippen LogP contribution in [-0.2, 0) is 24.4 Å². The Hall–Kier alpha value is -3.49. The Bertz CT molecular complexity index is 1140. The molecule has 7 heteroatoms. The molecule has 1 fully saturated rings. The molecule has 1 saturated heterocycles. The van der Waals surface area contributed by atoms with Gasteiger partial charge in [-0.05, 0) is 42.0 Å². The van der Waals surface area contributed by atoms with Gasteiger partial charge in [-0.25, -0.2) is 0 Å². The van der Waals surface area contributed by atoms with Gasteiger partial charge < -0.3 is 4.74 Å². The second kappa shape index (κ2) is 13.9. The molecule has 1 aliphatic rings. The van der Waals surface area contributed by atoms with Crippen molar-refractivity contribution < 1.29 is 4.74 Å². The number of ether oxygens (including phenoxy) is 1. The summed E-state index contributed by atoms with van der Waals surface area (Å²) in [5.74, 6) is 0. The Morgan fingerprint density at radius 2 is 1.11 bits per heavy atom. The van der Waals surface area contributed by atoms with Crippen LogP contribution in [-0.4, -0.2) is 68.9 Å². The standard InChI is InChI=1S/C31H36N6O/c1-2-10-27(11-3-1)26-38-31(30-14-6-9-17-34-30)37-22-20-35(24-28-12-4-7-15-32-28)18-19-36(21-23-37)25-29-13-5-8-16-33-29/h1-17,31H,18-26H2. The molecule has 38 heavy (non-hydrogen) atoms. The number of pyridine rings is 3. The SMILES string of the molecule is c1ccc(COC(c2ccccn2)N2CCN(Cc3ccccn3)CCN(Cc3ccccn3)CC2)cc1. The Morgan fingerprint density at radius 1 is 0.579 bits per heavy atom. The zero-order chi connectivity index (χ0) is 25.8. The van der Waals surface area contributed by atoms with E-state index in [0.29, 0.717) is 6.61 Å². The summed E-state index contributed by atoms with van der Waals surface area (Å²) >= 11 is 0. The Morgan fingerprint density at radius 3 is 1.63 bits per heavy atom. The smallest absolute Gasteiger partial charge is 0.154 e. The lowest BCUT2D eigenvalue weighted by atomic mass is 10.2. The zero-order valence-corrected chi connectivity index (χ0v) is 21.8. The summed E-state index contributed by atoms with van der Waals surface area (Å²) in [5, 5.41) is 0. The Balaban J connectivity index is 1.37. The lowest BCUT2D eigenvalue weighted by Crippen LogP contribution is -2.39. The van der Waals surface area contributed by atoms with Crippen molar-refractivity contribution in [3.8, 4) is 0 Å². The summed E-state index contributed by atoms with van der Waals surface area (Å²) in [6.45, 7) is 7.72. The minimum Gasteiger partial charge on any atom is -0.353 e. The van der Waals surface area contributed by atoms with Crippen molar-refractivity contribution in [2.24, 2.45) is 0 Å². The van der Waals surface area contributed by atoms with Crippen LogP contribution in [0.1, 0.15) is 28.9 Å². The van der Waals surface area contributed by atoms with E-state index in [4.69, 9.17) is 9.72 Å². The van der Waals surface area contributed by atoms with Crippen molar-refractivity contribution in [1.82, 2.24) is 29.7 Å². The molecule has 1 aromatic carbocycles. The molecular formula is C31H36N6O. The lowest BCUT2D eigenvalue weighted by Gasteiger charge is -2.33. The molecule has 1 atom stereocenters. The van der Waals surface area contributed by atoms with E-state index in [1.54, 1.807) is 0 Å². The first-order valence-corrected chi connectivity index (χ1v) is 13.4. The van der Waals surface area contributed by atoms with E-state index in [1.165, 1.54) is 0 Å². The first kappa shape index (κ1) is 26.1. The lowest BCUT2D eigenvalue weighted by molar-refractivity contribution is -0.0775. The normalized spacial score (nSPS) is 16.8. The molecule has 4 heterocycles. The molecule has 0 N–H and O–H groups in total.